The van der Waals surface area contributed by atoms with Crippen LogP contribution < -0.4 is 14.5 Å². The van der Waals surface area contributed by atoms with Crippen LogP contribution in [0.1, 0.15) is 0 Å². The highest BCUT2D eigenvalue weighted by atomic mass is 16.5. The molecule has 1 aliphatic rings. The lowest BCUT2D eigenvalue weighted by atomic mass is 10.2. The number of nitrogens with zero attached hydrogens (tertiary/aromatic N) is 6. The molecule has 29 heavy (non-hydrogen) atoms. The SMILES string of the molecule is COc1ccc(N2CCN(c3ncnc4c3ncn4-c3ccccc3)CC2)cc1. The van der Waals surface area contributed by atoms with Gasteiger partial charge in [-0.25, -0.2) is 15.0 Å². The van der Waals surface area contributed by atoms with E-state index < -0.39 is 0 Å². The number of rotatable bonds is 4. The second kappa shape index (κ2) is 7.43. The molecule has 0 amide bonds. The maximum Gasteiger partial charge on any atom is 0.170 e. The van der Waals surface area contributed by atoms with Crippen molar-refractivity contribution in [2.45, 2.75) is 0 Å². The minimum Gasteiger partial charge on any atom is -0.497 e. The Bertz CT molecular complexity index is 1100. The van der Waals surface area contributed by atoms with Crippen LogP contribution in [0.3, 0.4) is 0 Å². The van der Waals surface area contributed by atoms with Gasteiger partial charge in [-0.05, 0) is 36.4 Å². The number of piperazine rings is 1. The van der Waals surface area contributed by atoms with Gasteiger partial charge in [0.25, 0.3) is 0 Å². The van der Waals surface area contributed by atoms with Crippen LogP contribution in [0.15, 0.2) is 67.3 Å². The first kappa shape index (κ1) is 17.5. The fourth-order valence-corrected chi connectivity index (χ4v) is 3.80. The predicted octanol–water partition coefficient (Wildman–Crippen LogP) is 3.15. The molecule has 5 rings (SSSR count). The van der Waals surface area contributed by atoms with E-state index in [1.165, 1.54) is 5.69 Å². The Kier molecular flexibility index (Phi) is 4.48. The quantitative estimate of drug-likeness (QED) is 0.537. The van der Waals surface area contributed by atoms with Gasteiger partial charge in [-0.2, -0.15) is 0 Å². The summed E-state index contributed by atoms with van der Waals surface area (Å²) in [7, 11) is 1.69. The topological polar surface area (TPSA) is 59.3 Å². The molecule has 0 aliphatic carbocycles. The highest BCUT2D eigenvalue weighted by Gasteiger charge is 2.22. The van der Waals surface area contributed by atoms with Gasteiger partial charge < -0.3 is 14.5 Å². The maximum absolute atomic E-state index is 5.26. The molecule has 3 heterocycles. The summed E-state index contributed by atoms with van der Waals surface area (Å²) in [6.07, 6.45) is 3.46. The van der Waals surface area contributed by atoms with Crippen LogP contribution in [0.4, 0.5) is 11.5 Å². The Morgan fingerprint density at radius 1 is 0.759 bits per heavy atom. The number of benzene rings is 2. The largest absolute Gasteiger partial charge is 0.497 e. The van der Waals surface area contributed by atoms with Crippen LogP contribution in [0.25, 0.3) is 16.9 Å². The molecule has 0 N–H and O–H groups in total. The summed E-state index contributed by atoms with van der Waals surface area (Å²) < 4.78 is 7.26. The summed E-state index contributed by atoms with van der Waals surface area (Å²) in [4.78, 5) is 18.4. The third-order valence-corrected chi connectivity index (χ3v) is 5.37. The third kappa shape index (κ3) is 3.24. The zero-order valence-corrected chi connectivity index (χ0v) is 16.3. The van der Waals surface area contributed by atoms with Crippen LogP contribution in [0, 0.1) is 0 Å². The summed E-state index contributed by atoms with van der Waals surface area (Å²) >= 11 is 0. The average molecular weight is 386 g/mol. The Morgan fingerprint density at radius 2 is 1.48 bits per heavy atom. The Labute approximate surface area is 169 Å². The molecule has 0 unspecified atom stereocenters. The number of anilines is 2. The molecule has 1 fully saturated rings. The smallest absolute Gasteiger partial charge is 0.170 e. The van der Waals surface area contributed by atoms with E-state index >= 15 is 0 Å². The minimum atomic E-state index is 0.832. The molecule has 4 aromatic rings. The van der Waals surface area contributed by atoms with Crippen molar-refractivity contribution in [2.24, 2.45) is 0 Å². The van der Waals surface area contributed by atoms with E-state index in [2.05, 4.69) is 49.0 Å². The van der Waals surface area contributed by atoms with Crippen LogP contribution in [-0.2, 0) is 0 Å². The number of hydrogen-bond acceptors (Lipinski definition) is 6. The Morgan fingerprint density at radius 3 is 2.21 bits per heavy atom. The molecule has 0 radical (unpaired) electrons. The van der Waals surface area contributed by atoms with Crippen molar-refractivity contribution in [3.05, 3.63) is 67.3 Å². The van der Waals surface area contributed by atoms with E-state index in [1.54, 1.807) is 13.4 Å². The first-order valence-corrected chi connectivity index (χ1v) is 9.71. The fraction of sp³-hybridized carbons (Fsp3) is 0.227. The summed E-state index contributed by atoms with van der Waals surface area (Å²) in [6, 6.07) is 18.4. The van der Waals surface area contributed by atoms with Gasteiger partial charge in [0.05, 0.1) is 7.11 Å². The first-order valence-electron chi connectivity index (χ1n) is 9.71. The van der Waals surface area contributed by atoms with Crippen LogP contribution >= 0.6 is 0 Å². The lowest BCUT2D eigenvalue weighted by Crippen LogP contribution is -2.46. The van der Waals surface area contributed by atoms with Crippen molar-refractivity contribution in [1.82, 2.24) is 19.5 Å². The van der Waals surface area contributed by atoms with Gasteiger partial charge >= 0.3 is 0 Å². The molecule has 2 aromatic carbocycles. The van der Waals surface area contributed by atoms with Crippen molar-refractivity contribution < 1.29 is 4.74 Å². The number of methoxy groups -OCH3 is 1. The molecular formula is C22H22N6O. The number of hydrogen-bond donors (Lipinski definition) is 0. The summed E-state index contributed by atoms with van der Waals surface area (Å²) in [5, 5.41) is 0. The zero-order valence-electron chi connectivity index (χ0n) is 16.3. The fourth-order valence-electron chi connectivity index (χ4n) is 3.80. The lowest BCUT2D eigenvalue weighted by molar-refractivity contribution is 0.415. The molecule has 2 aromatic heterocycles. The van der Waals surface area contributed by atoms with Gasteiger partial charge in [0.15, 0.2) is 17.0 Å². The molecule has 0 atom stereocenters. The van der Waals surface area contributed by atoms with E-state index in [4.69, 9.17) is 4.74 Å². The van der Waals surface area contributed by atoms with Crippen molar-refractivity contribution in [1.29, 1.82) is 0 Å². The Hall–Kier alpha value is -3.61. The van der Waals surface area contributed by atoms with Crippen LogP contribution in [-0.4, -0.2) is 52.8 Å². The highest BCUT2D eigenvalue weighted by molar-refractivity contribution is 5.84. The average Bonchev–Trinajstić information content (AvgIpc) is 3.24. The van der Waals surface area contributed by atoms with E-state index in [0.29, 0.717) is 0 Å². The maximum atomic E-state index is 5.26. The summed E-state index contributed by atoms with van der Waals surface area (Å²) in [6.45, 7) is 3.63. The second-order valence-electron chi connectivity index (χ2n) is 6.99. The van der Waals surface area contributed by atoms with E-state index in [1.807, 2.05) is 41.2 Å². The number of para-hydroxylation sites is 1. The van der Waals surface area contributed by atoms with Gasteiger partial charge in [-0.3, -0.25) is 4.57 Å². The molecule has 0 saturated carbocycles. The van der Waals surface area contributed by atoms with Gasteiger partial charge in [0.1, 0.15) is 18.4 Å². The predicted molar refractivity (Wildman–Crippen MR) is 114 cm³/mol. The minimum absolute atomic E-state index is 0.832. The van der Waals surface area contributed by atoms with Crippen molar-refractivity contribution in [3.8, 4) is 11.4 Å². The van der Waals surface area contributed by atoms with Crippen molar-refractivity contribution in [2.75, 3.05) is 43.1 Å². The molecule has 146 valence electrons. The summed E-state index contributed by atoms with van der Waals surface area (Å²) in [5.74, 6) is 1.78. The van der Waals surface area contributed by atoms with E-state index in [9.17, 15) is 0 Å². The van der Waals surface area contributed by atoms with Gasteiger partial charge in [0.2, 0.25) is 0 Å². The highest BCUT2D eigenvalue weighted by Crippen LogP contribution is 2.26. The van der Waals surface area contributed by atoms with Gasteiger partial charge in [-0.1, -0.05) is 18.2 Å². The van der Waals surface area contributed by atoms with Crippen molar-refractivity contribution >= 4 is 22.7 Å². The molecule has 7 nitrogen and oxygen atoms in total. The molecule has 1 aliphatic heterocycles. The van der Waals surface area contributed by atoms with E-state index in [-0.39, 0.29) is 0 Å². The number of fused-ring (bicyclic) bond motifs is 1. The molecule has 7 heteroatoms. The Balaban J connectivity index is 1.37. The number of aromatic nitrogens is 4. The molecule has 1 saturated heterocycles. The first-order chi connectivity index (χ1) is 14.3. The van der Waals surface area contributed by atoms with Crippen molar-refractivity contribution in [3.63, 3.8) is 0 Å². The molecular weight excluding hydrogens is 364 g/mol. The number of imidazole rings is 1. The van der Waals surface area contributed by atoms with Gasteiger partial charge in [0, 0.05) is 37.6 Å². The third-order valence-electron chi connectivity index (χ3n) is 5.37. The monoisotopic (exact) mass is 386 g/mol. The molecule has 0 bridgehead atoms. The zero-order chi connectivity index (χ0) is 19.6. The summed E-state index contributed by atoms with van der Waals surface area (Å²) in [5.41, 5.74) is 3.93. The van der Waals surface area contributed by atoms with E-state index in [0.717, 1.165) is 54.6 Å². The van der Waals surface area contributed by atoms with Gasteiger partial charge in [-0.15, -0.1) is 0 Å². The lowest BCUT2D eigenvalue weighted by Gasteiger charge is -2.36. The second-order valence-corrected chi connectivity index (χ2v) is 6.99. The normalized spacial score (nSPS) is 14.4. The van der Waals surface area contributed by atoms with Crippen LogP contribution in [0.5, 0.6) is 5.75 Å². The standard InChI is InChI=1S/C22H22N6O/c1-29-19-9-7-17(8-10-19)26-11-13-27(14-12-26)21-20-22(24-15-23-21)28(16-25-20)18-5-3-2-4-6-18/h2-10,15-16H,11-14H2,1H3. The molecule has 0 spiro atoms. The van der Waals surface area contributed by atoms with Crippen LogP contribution in [0.2, 0.25) is 0 Å². The number of ether oxygens (including phenoxy) is 1.